The zero-order valence-electron chi connectivity index (χ0n) is 14.0. The highest BCUT2D eigenvalue weighted by atomic mass is 35.5. The Hall–Kier alpha value is -1.59. The predicted molar refractivity (Wildman–Crippen MR) is 92.9 cm³/mol. The number of hydrogen-bond acceptors (Lipinski definition) is 4. The molecule has 24 heavy (non-hydrogen) atoms. The van der Waals surface area contributed by atoms with Crippen LogP contribution in [0.4, 0.5) is 0 Å². The molecule has 1 aromatic carbocycles. The summed E-state index contributed by atoms with van der Waals surface area (Å²) in [6, 6.07) is 5.83. The number of nitrogens with two attached hydrogens (primary N) is 1. The van der Waals surface area contributed by atoms with Gasteiger partial charge in [0, 0.05) is 24.6 Å². The first-order valence-corrected chi connectivity index (χ1v) is 8.76. The lowest BCUT2D eigenvalue weighted by Gasteiger charge is -2.45. The maximum absolute atomic E-state index is 13.3. The van der Waals surface area contributed by atoms with Gasteiger partial charge in [-0.1, -0.05) is 17.7 Å². The molecule has 5 nitrogen and oxygen atoms in total. The number of fused-ring (bicyclic) bond motifs is 3. The third-order valence-corrected chi connectivity index (χ3v) is 6.46. The van der Waals surface area contributed by atoms with Crippen LogP contribution in [0.3, 0.4) is 0 Å². The summed E-state index contributed by atoms with van der Waals surface area (Å²) in [6.07, 6.45) is 4.77. The average Bonchev–Trinajstić information content (AvgIpc) is 2.97. The van der Waals surface area contributed by atoms with Crippen LogP contribution >= 0.6 is 11.6 Å². The Morgan fingerprint density at radius 1 is 1.38 bits per heavy atom. The van der Waals surface area contributed by atoms with Crippen molar-refractivity contribution in [3.05, 3.63) is 34.3 Å². The molecule has 0 aromatic heterocycles. The summed E-state index contributed by atoms with van der Waals surface area (Å²) in [5.74, 6) is 0.262. The molecule has 0 bridgehead atoms. The molecule has 1 aliphatic heterocycles. The van der Waals surface area contributed by atoms with Crippen molar-refractivity contribution in [1.29, 1.82) is 0 Å². The molecule has 0 radical (unpaired) electrons. The van der Waals surface area contributed by atoms with Crippen molar-refractivity contribution in [3.8, 4) is 0 Å². The van der Waals surface area contributed by atoms with Crippen LogP contribution in [-0.2, 0) is 21.5 Å². The van der Waals surface area contributed by atoms with Crippen LogP contribution in [0.25, 0.3) is 0 Å². The zero-order valence-corrected chi connectivity index (χ0v) is 14.8. The fourth-order valence-corrected chi connectivity index (χ4v) is 5.07. The predicted octanol–water partition coefficient (Wildman–Crippen LogP) is 2.45. The summed E-state index contributed by atoms with van der Waals surface area (Å²) < 4.78 is 5.53. The Morgan fingerprint density at radius 3 is 2.67 bits per heavy atom. The van der Waals surface area contributed by atoms with Crippen LogP contribution in [0.1, 0.15) is 36.8 Å². The van der Waals surface area contributed by atoms with Gasteiger partial charge in [0.05, 0.1) is 6.10 Å². The number of benzene rings is 1. The Labute approximate surface area is 146 Å². The number of guanidine groups is 1. The Bertz CT molecular complexity index is 740. The van der Waals surface area contributed by atoms with Gasteiger partial charge < -0.3 is 10.5 Å². The normalized spacial score (nSPS) is 35.0. The first-order valence-electron chi connectivity index (χ1n) is 8.39. The third kappa shape index (κ3) is 1.85. The SMILES string of the molecule is COC1CCC2(CC1)Cc1ccc(Cl)cc1[C@@]21N=C(N)N(C)C1=O. The zero-order chi connectivity index (χ0) is 17.1. The van der Waals surface area contributed by atoms with Crippen LogP contribution in [0.5, 0.6) is 0 Å². The number of nitrogens with zero attached hydrogens (tertiary/aromatic N) is 2. The molecule has 2 spiro atoms. The molecule has 1 saturated carbocycles. The van der Waals surface area contributed by atoms with E-state index in [9.17, 15) is 4.79 Å². The molecule has 3 aliphatic rings. The van der Waals surface area contributed by atoms with Gasteiger partial charge in [0.1, 0.15) is 0 Å². The van der Waals surface area contributed by atoms with Gasteiger partial charge in [0.15, 0.2) is 11.5 Å². The van der Waals surface area contributed by atoms with Gasteiger partial charge in [-0.25, -0.2) is 4.99 Å². The van der Waals surface area contributed by atoms with Crippen LogP contribution < -0.4 is 5.73 Å². The second-order valence-corrected chi connectivity index (χ2v) is 7.67. The van der Waals surface area contributed by atoms with Crippen LogP contribution in [0, 0.1) is 5.41 Å². The van der Waals surface area contributed by atoms with Crippen molar-refractivity contribution in [2.75, 3.05) is 14.2 Å². The quantitative estimate of drug-likeness (QED) is 0.848. The van der Waals surface area contributed by atoms with E-state index in [0.717, 1.165) is 43.2 Å². The number of ether oxygens (including phenoxy) is 1. The highest BCUT2D eigenvalue weighted by molar-refractivity contribution is 6.30. The molecule has 1 heterocycles. The first-order chi connectivity index (χ1) is 11.4. The van der Waals surface area contributed by atoms with Gasteiger partial charge >= 0.3 is 0 Å². The molecule has 4 rings (SSSR count). The fraction of sp³-hybridized carbons (Fsp3) is 0.556. The molecule has 2 N–H and O–H groups in total. The van der Waals surface area contributed by atoms with Crippen molar-refractivity contribution in [3.63, 3.8) is 0 Å². The van der Waals surface area contributed by atoms with E-state index in [-0.39, 0.29) is 17.4 Å². The van der Waals surface area contributed by atoms with Crippen molar-refractivity contribution in [2.45, 2.75) is 43.7 Å². The molecule has 1 aromatic rings. The summed E-state index contributed by atoms with van der Waals surface area (Å²) in [6.45, 7) is 0. The monoisotopic (exact) mass is 347 g/mol. The van der Waals surface area contributed by atoms with Gasteiger partial charge in [-0.15, -0.1) is 0 Å². The largest absolute Gasteiger partial charge is 0.381 e. The molecule has 128 valence electrons. The molecule has 6 heteroatoms. The lowest BCUT2D eigenvalue weighted by molar-refractivity contribution is -0.137. The van der Waals surface area contributed by atoms with Gasteiger partial charge in [-0.3, -0.25) is 9.69 Å². The highest BCUT2D eigenvalue weighted by Crippen LogP contribution is 2.61. The number of amides is 1. The van der Waals surface area contributed by atoms with Crippen molar-refractivity contribution in [2.24, 2.45) is 16.1 Å². The maximum atomic E-state index is 13.3. The van der Waals surface area contributed by atoms with Gasteiger partial charge in [-0.2, -0.15) is 0 Å². The van der Waals surface area contributed by atoms with Gasteiger partial charge in [0.25, 0.3) is 5.91 Å². The number of likely N-dealkylation sites (N-methyl/N-ethyl adjacent to an activating group) is 1. The minimum Gasteiger partial charge on any atom is -0.381 e. The van der Waals surface area contributed by atoms with Crippen molar-refractivity contribution in [1.82, 2.24) is 4.90 Å². The Morgan fingerprint density at radius 2 is 2.08 bits per heavy atom. The van der Waals surface area contributed by atoms with E-state index in [1.165, 1.54) is 4.90 Å². The fourth-order valence-electron chi connectivity index (χ4n) is 4.90. The van der Waals surface area contributed by atoms with E-state index in [0.29, 0.717) is 11.0 Å². The second kappa shape index (κ2) is 5.20. The first kappa shape index (κ1) is 15.9. The molecule has 2 aliphatic carbocycles. The molecule has 1 fully saturated rings. The van der Waals surface area contributed by atoms with Crippen molar-refractivity contribution >= 4 is 23.5 Å². The lowest BCUT2D eigenvalue weighted by Crippen LogP contribution is -2.51. The summed E-state index contributed by atoms with van der Waals surface area (Å²) in [7, 11) is 3.46. The molecular weight excluding hydrogens is 326 g/mol. The average molecular weight is 348 g/mol. The number of hydrogen-bond donors (Lipinski definition) is 1. The van der Waals surface area contributed by atoms with E-state index in [4.69, 9.17) is 27.1 Å². The van der Waals surface area contributed by atoms with Crippen molar-refractivity contribution < 1.29 is 9.53 Å². The number of halogens is 1. The second-order valence-electron chi connectivity index (χ2n) is 7.24. The molecular formula is C18H22ClN3O2. The summed E-state index contributed by atoms with van der Waals surface area (Å²) in [4.78, 5) is 19.5. The topological polar surface area (TPSA) is 67.9 Å². The third-order valence-electron chi connectivity index (χ3n) is 6.22. The van der Waals surface area contributed by atoms with E-state index in [2.05, 4.69) is 0 Å². The van der Waals surface area contributed by atoms with Crippen LogP contribution in [-0.4, -0.2) is 37.0 Å². The summed E-state index contributed by atoms with van der Waals surface area (Å²) in [5.41, 5.74) is 6.99. The maximum Gasteiger partial charge on any atom is 0.262 e. The number of methoxy groups -OCH3 is 1. The number of carbonyl (C=O) groups excluding carboxylic acids is 1. The van der Waals surface area contributed by atoms with E-state index >= 15 is 0 Å². The van der Waals surface area contributed by atoms with E-state index in [1.54, 1.807) is 14.2 Å². The molecule has 0 unspecified atom stereocenters. The number of aliphatic imine (C=N–C) groups is 1. The van der Waals surface area contributed by atoms with Crippen LogP contribution in [0.15, 0.2) is 23.2 Å². The molecule has 1 amide bonds. The summed E-state index contributed by atoms with van der Waals surface area (Å²) in [5, 5.41) is 0.631. The molecule has 0 saturated heterocycles. The minimum absolute atomic E-state index is 0.0307. The smallest absolute Gasteiger partial charge is 0.262 e. The van der Waals surface area contributed by atoms with Gasteiger partial charge in [-0.05, 0) is 55.4 Å². The minimum atomic E-state index is -0.926. The molecule has 1 atom stereocenters. The Balaban J connectivity index is 1.89. The van der Waals surface area contributed by atoms with Crippen LogP contribution in [0.2, 0.25) is 5.02 Å². The number of rotatable bonds is 1. The van der Waals surface area contributed by atoms with E-state index in [1.807, 2.05) is 18.2 Å². The number of carbonyl (C=O) groups is 1. The standard InChI is InChI=1S/C18H22ClN3O2/c1-22-15(23)18(21-16(22)20)14-9-12(19)4-3-11(14)10-17(18)7-5-13(24-2)6-8-17/h3-4,9,13H,5-8,10H2,1-2H3,(H2,20,21)/t13?,17?,18-/m0/s1. The van der Waals surface area contributed by atoms with Gasteiger partial charge in [0.2, 0.25) is 0 Å². The van der Waals surface area contributed by atoms with E-state index < -0.39 is 5.54 Å². The Kier molecular flexibility index (Phi) is 3.45. The highest BCUT2D eigenvalue weighted by Gasteiger charge is 2.66. The lowest BCUT2D eigenvalue weighted by atomic mass is 9.61. The summed E-state index contributed by atoms with van der Waals surface area (Å²) >= 11 is 6.25.